The minimum atomic E-state index is -1.68. The fourth-order valence-corrected chi connectivity index (χ4v) is 2.31. The van der Waals surface area contributed by atoms with Crippen LogP contribution in [0.3, 0.4) is 0 Å². The highest BCUT2D eigenvalue weighted by atomic mass is 19.1. The summed E-state index contributed by atoms with van der Waals surface area (Å²) < 4.78 is 42.4. The topological polar surface area (TPSA) is 82.1 Å². The molecular weight excluding hydrogens is 350 g/mol. The Bertz CT molecular complexity index is 907. The quantitative estimate of drug-likeness (QED) is 0.511. The van der Waals surface area contributed by atoms with Crippen molar-refractivity contribution in [3.63, 3.8) is 0 Å². The lowest BCUT2D eigenvalue weighted by atomic mass is 10.1. The van der Waals surface area contributed by atoms with Gasteiger partial charge in [-0.15, -0.1) is 0 Å². The number of halogens is 2. The summed E-state index contributed by atoms with van der Waals surface area (Å²) >= 11 is 0. The molecule has 0 bridgehead atoms. The predicted octanol–water partition coefficient (Wildman–Crippen LogP) is 3.05. The van der Waals surface area contributed by atoms with Crippen molar-refractivity contribution in [1.29, 1.82) is 0 Å². The molecule has 1 heterocycles. The SMILES string of the molecule is O=C(/C=C/c1ccc2c(c1)OCCO2)Oc1cc(F)cc(F)c1C(=O)O. The van der Waals surface area contributed by atoms with E-state index >= 15 is 0 Å². The van der Waals surface area contributed by atoms with Gasteiger partial charge in [0.2, 0.25) is 0 Å². The number of aromatic carboxylic acids is 1. The molecule has 0 radical (unpaired) electrons. The number of ether oxygens (including phenoxy) is 3. The first kappa shape index (κ1) is 17.4. The van der Waals surface area contributed by atoms with Crippen molar-refractivity contribution in [2.24, 2.45) is 0 Å². The second kappa shape index (κ2) is 7.22. The number of carbonyl (C=O) groups is 2. The molecule has 1 N–H and O–H groups in total. The number of benzene rings is 2. The standard InChI is InChI=1S/C18H12F2O6/c19-11-8-12(20)17(18(22)23)15(9-11)26-16(21)4-2-10-1-3-13-14(7-10)25-6-5-24-13/h1-4,7-9H,5-6H2,(H,22,23)/b4-2+. The van der Waals surface area contributed by atoms with Crippen LogP contribution in [-0.4, -0.2) is 30.3 Å². The Morgan fingerprint density at radius 2 is 1.81 bits per heavy atom. The van der Waals surface area contributed by atoms with Crippen LogP contribution >= 0.6 is 0 Å². The number of rotatable bonds is 4. The molecule has 1 aliphatic heterocycles. The molecular formula is C18H12F2O6. The van der Waals surface area contributed by atoms with E-state index < -0.39 is 34.9 Å². The highest BCUT2D eigenvalue weighted by molar-refractivity contribution is 5.94. The molecule has 1 aliphatic rings. The van der Waals surface area contributed by atoms with Gasteiger partial charge < -0.3 is 19.3 Å². The third kappa shape index (κ3) is 3.80. The van der Waals surface area contributed by atoms with Crippen LogP contribution in [0.5, 0.6) is 17.2 Å². The number of hydrogen-bond donors (Lipinski definition) is 1. The molecule has 2 aromatic rings. The minimum absolute atomic E-state index is 0.395. The van der Waals surface area contributed by atoms with Gasteiger partial charge in [0.1, 0.15) is 30.4 Å². The normalized spacial score (nSPS) is 12.8. The summed E-state index contributed by atoms with van der Waals surface area (Å²) in [6, 6.07) is 6.00. The van der Waals surface area contributed by atoms with Crippen LogP contribution in [0.25, 0.3) is 6.08 Å². The van der Waals surface area contributed by atoms with Crippen LogP contribution in [0, 0.1) is 11.6 Å². The summed E-state index contributed by atoms with van der Waals surface area (Å²) in [5.74, 6) is -4.69. The summed E-state index contributed by atoms with van der Waals surface area (Å²) in [6.07, 6.45) is 2.39. The Labute approximate surface area is 146 Å². The van der Waals surface area contributed by atoms with Gasteiger partial charge in [0.25, 0.3) is 0 Å². The van der Waals surface area contributed by atoms with Gasteiger partial charge in [-0.2, -0.15) is 0 Å². The fourth-order valence-electron chi connectivity index (χ4n) is 2.31. The number of carboxylic acids is 1. The van der Waals surface area contributed by atoms with Crippen molar-refractivity contribution in [1.82, 2.24) is 0 Å². The lowest BCUT2D eigenvalue weighted by Gasteiger charge is -2.18. The monoisotopic (exact) mass is 362 g/mol. The van der Waals surface area contributed by atoms with E-state index in [9.17, 15) is 18.4 Å². The van der Waals surface area contributed by atoms with Crippen LogP contribution in [0.2, 0.25) is 0 Å². The number of carbonyl (C=O) groups excluding carboxylic acids is 1. The Morgan fingerprint density at radius 1 is 1.08 bits per heavy atom. The molecule has 0 saturated carbocycles. The summed E-state index contributed by atoms with van der Waals surface area (Å²) in [5.41, 5.74) is -0.331. The van der Waals surface area contributed by atoms with Crippen molar-refractivity contribution in [2.45, 2.75) is 0 Å². The number of hydrogen-bond acceptors (Lipinski definition) is 5. The maximum absolute atomic E-state index is 13.6. The fraction of sp³-hybridized carbons (Fsp3) is 0.111. The summed E-state index contributed by atoms with van der Waals surface area (Å²) in [7, 11) is 0. The van der Waals surface area contributed by atoms with E-state index in [1.807, 2.05) is 0 Å². The molecule has 3 rings (SSSR count). The zero-order valence-electron chi connectivity index (χ0n) is 13.2. The molecule has 0 unspecified atom stereocenters. The van der Waals surface area contributed by atoms with Crippen LogP contribution in [0.15, 0.2) is 36.4 Å². The number of esters is 1. The van der Waals surface area contributed by atoms with E-state index in [1.165, 1.54) is 6.08 Å². The van der Waals surface area contributed by atoms with E-state index in [-0.39, 0.29) is 0 Å². The van der Waals surface area contributed by atoms with Crippen LogP contribution < -0.4 is 14.2 Å². The van der Waals surface area contributed by atoms with Gasteiger partial charge in [-0.1, -0.05) is 6.07 Å². The van der Waals surface area contributed by atoms with Gasteiger partial charge in [-0.3, -0.25) is 0 Å². The van der Waals surface area contributed by atoms with Gasteiger partial charge in [-0.25, -0.2) is 18.4 Å². The molecule has 134 valence electrons. The van der Waals surface area contributed by atoms with Crippen LogP contribution in [0.1, 0.15) is 15.9 Å². The zero-order valence-corrected chi connectivity index (χ0v) is 13.2. The summed E-state index contributed by atoms with van der Waals surface area (Å²) in [6.45, 7) is 0.857. The molecule has 0 atom stereocenters. The molecule has 0 spiro atoms. The molecule has 0 fully saturated rings. The first-order chi connectivity index (χ1) is 12.4. The molecule has 0 aromatic heterocycles. The first-order valence-electron chi connectivity index (χ1n) is 7.46. The average Bonchev–Trinajstić information content (AvgIpc) is 2.58. The zero-order chi connectivity index (χ0) is 18.7. The van der Waals surface area contributed by atoms with Crippen molar-refractivity contribution >= 4 is 18.0 Å². The van der Waals surface area contributed by atoms with E-state index in [0.717, 1.165) is 6.08 Å². The number of fused-ring (bicyclic) bond motifs is 1. The van der Waals surface area contributed by atoms with Gasteiger partial charge in [0.05, 0.1) is 0 Å². The van der Waals surface area contributed by atoms with E-state index in [2.05, 4.69) is 0 Å². The third-order valence-corrected chi connectivity index (χ3v) is 3.42. The van der Waals surface area contributed by atoms with Gasteiger partial charge in [0.15, 0.2) is 17.2 Å². The number of carboxylic acid groups (broad SMARTS) is 1. The Balaban J connectivity index is 1.77. The molecule has 2 aromatic carbocycles. The van der Waals surface area contributed by atoms with Crippen molar-refractivity contribution in [3.05, 3.63) is 59.2 Å². The Hall–Kier alpha value is -3.42. The second-order valence-electron chi connectivity index (χ2n) is 5.22. The molecule has 8 heteroatoms. The third-order valence-electron chi connectivity index (χ3n) is 3.42. The molecule has 6 nitrogen and oxygen atoms in total. The largest absolute Gasteiger partial charge is 0.486 e. The molecule has 0 saturated heterocycles. The minimum Gasteiger partial charge on any atom is -0.486 e. The van der Waals surface area contributed by atoms with Gasteiger partial charge in [0, 0.05) is 18.2 Å². The van der Waals surface area contributed by atoms with E-state index in [0.29, 0.717) is 42.4 Å². The van der Waals surface area contributed by atoms with Crippen LogP contribution in [-0.2, 0) is 4.79 Å². The lowest BCUT2D eigenvalue weighted by molar-refractivity contribution is -0.128. The highest BCUT2D eigenvalue weighted by Gasteiger charge is 2.20. The average molecular weight is 362 g/mol. The first-order valence-corrected chi connectivity index (χ1v) is 7.46. The van der Waals surface area contributed by atoms with E-state index in [4.69, 9.17) is 19.3 Å². The molecule has 0 amide bonds. The highest BCUT2D eigenvalue weighted by Crippen LogP contribution is 2.31. The lowest BCUT2D eigenvalue weighted by Crippen LogP contribution is -2.15. The molecule has 0 aliphatic carbocycles. The van der Waals surface area contributed by atoms with Crippen molar-refractivity contribution in [3.8, 4) is 17.2 Å². The van der Waals surface area contributed by atoms with Gasteiger partial charge in [-0.05, 0) is 23.8 Å². The summed E-state index contributed by atoms with van der Waals surface area (Å²) in [5, 5.41) is 8.97. The van der Waals surface area contributed by atoms with Gasteiger partial charge >= 0.3 is 11.9 Å². The molecule has 26 heavy (non-hydrogen) atoms. The maximum atomic E-state index is 13.6. The van der Waals surface area contributed by atoms with Crippen molar-refractivity contribution in [2.75, 3.05) is 13.2 Å². The van der Waals surface area contributed by atoms with Crippen LogP contribution in [0.4, 0.5) is 8.78 Å². The smallest absolute Gasteiger partial charge is 0.342 e. The summed E-state index contributed by atoms with van der Waals surface area (Å²) in [4.78, 5) is 22.9. The second-order valence-corrected chi connectivity index (χ2v) is 5.22. The van der Waals surface area contributed by atoms with E-state index in [1.54, 1.807) is 18.2 Å². The van der Waals surface area contributed by atoms with Crippen molar-refractivity contribution < 1.29 is 37.7 Å². The Kier molecular flexibility index (Phi) is 4.83. The predicted molar refractivity (Wildman–Crippen MR) is 85.4 cm³/mol. The Morgan fingerprint density at radius 3 is 2.54 bits per heavy atom. The maximum Gasteiger partial charge on any atom is 0.342 e.